The first kappa shape index (κ1) is 10.2. The summed E-state index contributed by atoms with van der Waals surface area (Å²) < 4.78 is 0. The van der Waals surface area contributed by atoms with Crippen molar-refractivity contribution in [2.45, 2.75) is 0 Å². The minimum Gasteiger partial charge on any atom is -0.293 e. The molecule has 0 bridgehead atoms. The average molecular weight is 216 g/mol. The fourth-order valence-corrected chi connectivity index (χ4v) is 2.10. The zero-order valence-electron chi connectivity index (χ0n) is 8.57. The summed E-state index contributed by atoms with van der Waals surface area (Å²) in [4.78, 5) is 11.8. The van der Waals surface area contributed by atoms with Crippen molar-refractivity contribution >= 4 is 28.3 Å². The number of rotatable bonds is 3. The second-order valence-electron chi connectivity index (χ2n) is 3.38. The van der Waals surface area contributed by atoms with Gasteiger partial charge in [0.25, 0.3) is 0 Å². The third-order valence-electron chi connectivity index (χ3n) is 2.37. The second kappa shape index (κ2) is 4.49. The van der Waals surface area contributed by atoms with Gasteiger partial charge in [0.2, 0.25) is 0 Å². The predicted octanol–water partition coefficient (Wildman–Crippen LogP) is 3.39. The number of benzene rings is 2. The Morgan fingerprint density at radius 2 is 1.87 bits per heavy atom. The highest BCUT2D eigenvalue weighted by molar-refractivity contribution is 7.99. The lowest BCUT2D eigenvalue weighted by Crippen LogP contribution is -2.02. The first-order valence-electron chi connectivity index (χ1n) is 4.83. The third kappa shape index (κ3) is 2.05. The lowest BCUT2D eigenvalue weighted by atomic mass is 10.0. The van der Waals surface area contributed by atoms with E-state index in [2.05, 4.69) is 0 Å². The molecule has 0 N–H and O–H groups in total. The Hall–Kier alpha value is -1.28. The molecule has 0 fully saturated rings. The van der Waals surface area contributed by atoms with Crippen molar-refractivity contribution in [1.82, 2.24) is 0 Å². The smallest absolute Gasteiger partial charge is 0.173 e. The van der Waals surface area contributed by atoms with Crippen LogP contribution in [0.25, 0.3) is 10.8 Å². The number of carbonyl (C=O) groups is 1. The Kier molecular flexibility index (Phi) is 3.07. The molecule has 0 saturated heterocycles. The second-order valence-corrected chi connectivity index (χ2v) is 4.25. The van der Waals surface area contributed by atoms with E-state index in [1.54, 1.807) is 11.8 Å². The van der Waals surface area contributed by atoms with Crippen molar-refractivity contribution in [3.8, 4) is 0 Å². The molecule has 2 rings (SSSR count). The quantitative estimate of drug-likeness (QED) is 0.732. The number of hydrogen-bond donors (Lipinski definition) is 0. The molecule has 0 radical (unpaired) electrons. The lowest BCUT2D eigenvalue weighted by molar-refractivity contribution is 0.102. The van der Waals surface area contributed by atoms with E-state index in [1.165, 1.54) is 0 Å². The summed E-state index contributed by atoms with van der Waals surface area (Å²) in [6.45, 7) is 0. The largest absolute Gasteiger partial charge is 0.293 e. The fourth-order valence-electron chi connectivity index (χ4n) is 1.68. The van der Waals surface area contributed by atoms with Gasteiger partial charge in [0.05, 0.1) is 5.75 Å². The molecule has 76 valence electrons. The van der Waals surface area contributed by atoms with Gasteiger partial charge in [-0.2, -0.15) is 11.8 Å². The van der Waals surface area contributed by atoms with Crippen LogP contribution in [0.15, 0.2) is 42.5 Å². The van der Waals surface area contributed by atoms with E-state index in [0.29, 0.717) is 5.75 Å². The molecule has 0 aliphatic heterocycles. The van der Waals surface area contributed by atoms with E-state index < -0.39 is 0 Å². The zero-order valence-corrected chi connectivity index (χ0v) is 9.38. The van der Waals surface area contributed by atoms with Crippen LogP contribution in [0.3, 0.4) is 0 Å². The molecule has 0 aliphatic rings. The predicted molar refractivity (Wildman–Crippen MR) is 66.7 cm³/mol. The van der Waals surface area contributed by atoms with Gasteiger partial charge in [-0.05, 0) is 17.0 Å². The van der Waals surface area contributed by atoms with E-state index >= 15 is 0 Å². The van der Waals surface area contributed by atoms with Crippen LogP contribution >= 0.6 is 11.8 Å². The normalized spacial score (nSPS) is 10.5. The maximum absolute atomic E-state index is 11.8. The molecule has 2 aromatic rings. The molecule has 0 saturated carbocycles. The molecular formula is C13H12OS. The van der Waals surface area contributed by atoms with Crippen LogP contribution in [0.2, 0.25) is 0 Å². The first-order valence-corrected chi connectivity index (χ1v) is 6.22. The molecular weight excluding hydrogens is 204 g/mol. The maximum atomic E-state index is 11.8. The number of ketones is 1. The van der Waals surface area contributed by atoms with Crippen LogP contribution in [0.4, 0.5) is 0 Å². The molecule has 0 aliphatic carbocycles. The number of carbonyl (C=O) groups excluding carboxylic acids is 1. The molecule has 0 aromatic heterocycles. The highest BCUT2D eigenvalue weighted by atomic mass is 32.2. The van der Waals surface area contributed by atoms with Crippen molar-refractivity contribution in [2.24, 2.45) is 0 Å². The molecule has 0 heterocycles. The monoisotopic (exact) mass is 216 g/mol. The van der Waals surface area contributed by atoms with Gasteiger partial charge in [-0.3, -0.25) is 4.79 Å². The lowest BCUT2D eigenvalue weighted by Gasteiger charge is -2.04. The summed E-state index contributed by atoms with van der Waals surface area (Å²) in [5, 5.41) is 2.18. The van der Waals surface area contributed by atoms with Crippen molar-refractivity contribution in [3.05, 3.63) is 48.0 Å². The number of Topliss-reactive ketones (excluding diaryl/α,β-unsaturated/α-hetero) is 1. The Bertz CT molecular complexity index is 485. The Labute approximate surface area is 93.5 Å². The van der Waals surface area contributed by atoms with Gasteiger partial charge >= 0.3 is 0 Å². The molecule has 0 spiro atoms. The Morgan fingerprint density at radius 1 is 1.13 bits per heavy atom. The summed E-state index contributed by atoms with van der Waals surface area (Å²) >= 11 is 1.56. The number of thioether (sulfide) groups is 1. The van der Waals surface area contributed by atoms with E-state index in [0.717, 1.165) is 16.3 Å². The fraction of sp³-hybridized carbons (Fsp3) is 0.154. The van der Waals surface area contributed by atoms with E-state index in [4.69, 9.17) is 0 Å². The molecule has 2 aromatic carbocycles. The molecule has 15 heavy (non-hydrogen) atoms. The van der Waals surface area contributed by atoms with Crippen molar-refractivity contribution in [3.63, 3.8) is 0 Å². The van der Waals surface area contributed by atoms with Crippen LogP contribution in [0.1, 0.15) is 10.4 Å². The molecule has 2 heteroatoms. The summed E-state index contributed by atoms with van der Waals surface area (Å²) in [6.07, 6.45) is 1.95. The van der Waals surface area contributed by atoms with Gasteiger partial charge in [-0.1, -0.05) is 42.5 Å². The highest BCUT2D eigenvalue weighted by Gasteiger charge is 2.07. The minimum absolute atomic E-state index is 0.208. The topological polar surface area (TPSA) is 17.1 Å². The van der Waals surface area contributed by atoms with Crippen LogP contribution in [0.5, 0.6) is 0 Å². The van der Waals surface area contributed by atoms with E-state index in [9.17, 15) is 4.79 Å². The van der Waals surface area contributed by atoms with E-state index in [-0.39, 0.29) is 5.78 Å². The van der Waals surface area contributed by atoms with Gasteiger partial charge in [0.1, 0.15) is 0 Å². The van der Waals surface area contributed by atoms with Crippen LogP contribution < -0.4 is 0 Å². The van der Waals surface area contributed by atoms with Crippen molar-refractivity contribution in [2.75, 3.05) is 12.0 Å². The van der Waals surface area contributed by atoms with E-state index in [1.807, 2.05) is 48.7 Å². The van der Waals surface area contributed by atoms with Crippen molar-refractivity contribution in [1.29, 1.82) is 0 Å². The van der Waals surface area contributed by atoms with Gasteiger partial charge in [-0.15, -0.1) is 0 Å². The molecule has 0 atom stereocenters. The van der Waals surface area contributed by atoms with Crippen LogP contribution in [-0.2, 0) is 0 Å². The number of hydrogen-bond acceptors (Lipinski definition) is 2. The summed E-state index contributed by atoms with van der Waals surface area (Å²) in [7, 11) is 0. The van der Waals surface area contributed by atoms with Crippen molar-refractivity contribution < 1.29 is 4.79 Å². The molecule has 1 nitrogen and oxygen atoms in total. The summed E-state index contributed by atoms with van der Waals surface area (Å²) in [5.41, 5.74) is 0.836. The van der Waals surface area contributed by atoms with Crippen LogP contribution in [-0.4, -0.2) is 17.8 Å². The highest BCUT2D eigenvalue weighted by Crippen LogP contribution is 2.19. The summed E-state index contributed by atoms with van der Waals surface area (Å²) in [5.74, 6) is 0.757. The number of fused-ring (bicyclic) bond motifs is 1. The SMILES string of the molecule is CSCC(=O)c1cccc2ccccc12. The third-order valence-corrected chi connectivity index (χ3v) is 2.92. The van der Waals surface area contributed by atoms with Crippen LogP contribution in [0, 0.1) is 0 Å². The Balaban J connectivity index is 2.56. The van der Waals surface area contributed by atoms with Gasteiger partial charge in [0, 0.05) is 5.56 Å². The average Bonchev–Trinajstić information content (AvgIpc) is 2.28. The van der Waals surface area contributed by atoms with Gasteiger partial charge in [0.15, 0.2) is 5.78 Å². The maximum Gasteiger partial charge on any atom is 0.173 e. The van der Waals surface area contributed by atoms with Gasteiger partial charge in [-0.25, -0.2) is 0 Å². The Morgan fingerprint density at radius 3 is 2.67 bits per heavy atom. The zero-order chi connectivity index (χ0) is 10.7. The summed E-state index contributed by atoms with van der Waals surface area (Å²) in [6, 6.07) is 13.9. The first-order chi connectivity index (χ1) is 7.33. The minimum atomic E-state index is 0.208. The standard InChI is InChI=1S/C13H12OS/c1-15-9-13(14)12-8-4-6-10-5-2-3-7-11(10)12/h2-8H,9H2,1H3. The molecule has 0 amide bonds. The molecule has 0 unspecified atom stereocenters. The van der Waals surface area contributed by atoms with Gasteiger partial charge < -0.3 is 0 Å².